The first-order valence-corrected chi connectivity index (χ1v) is 47.1. The molecular formula is C92H101N15O21P2. The number of aromatic amines is 2. The van der Waals surface area contributed by atoms with E-state index in [1.165, 1.54) is 89.5 Å². The summed E-state index contributed by atoms with van der Waals surface area (Å²) in [5.74, 6) is -5.71. The van der Waals surface area contributed by atoms with Gasteiger partial charge in [-0.05, 0) is 220 Å². The number of hydrogen-bond donors (Lipinski definition) is 12. The van der Waals surface area contributed by atoms with Crippen LogP contribution in [0.4, 0.5) is 11.4 Å². The molecule has 2 saturated heterocycles. The van der Waals surface area contributed by atoms with Gasteiger partial charge >= 0.3 is 26.6 Å². The van der Waals surface area contributed by atoms with Crippen LogP contribution >= 0.6 is 15.2 Å². The number of hydrogen-bond acceptors (Lipinski definition) is 17. The first kappa shape index (κ1) is 90.5. The van der Waals surface area contributed by atoms with E-state index in [4.69, 9.17) is 0 Å². The number of H-pyrrole nitrogens is 2. The molecule has 0 spiro atoms. The number of nitrogens with one attached hydrogen (secondary N) is 8. The van der Waals surface area contributed by atoms with E-state index in [2.05, 4.69) is 47.9 Å². The lowest BCUT2D eigenvalue weighted by atomic mass is 9.95. The highest BCUT2D eigenvalue weighted by molar-refractivity contribution is 7.71. The fourth-order valence-corrected chi connectivity index (χ4v) is 20.5. The van der Waals surface area contributed by atoms with Crippen molar-refractivity contribution in [3.05, 3.63) is 197 Å². The first-order valence-electron chi connectivity index (χ1n) is 43.9. The van der Waals surface area contributed by atoms with Gasteiger partial charge in [-0.3, -0.25) is 110 Å². The number of benzene rings is 6. The molecule has 10 aromatic rings. The smallest absolute Gasteiger partial charge is 0.357 e. The number of aromatic nitrogens is 6. The standard InChI is InChI=1S/C92H101N15O21P2/c1-48(94-86(116)74-46-59-37-52(17-13-9-7-11-15-50-20-28-68-72(39-50)103(5)92(122)105(68)70-30-32-76(109)100-85(70)115)35-54-22-26-64(88(118)107(74)80(54)59)97-81(111)65-43-56-40-55(23-24-62(56)95-65)89(119)129(123,124)125)18-33-77(110)101(3)47-61-42-60(90(120)130(126,127)128)41-57-44-66(96-78(57)61)82(112)98-63-25-21-53-34-51(36-58-45-73(83(113)93-2)106(79(53)58)87(63)117)16-12-8-6-10-14-49-19-27-67-71(38-49)102(4)91(121)104(67)69-29-31-75(108)99-84(69)114/h19-20,23-24,27-28,34-44,48,63-64,69-70,73-74,95-96H,6-18,21-22,25-26,29-33,45-47H2,1-5H3,(H,93,113)(H,94,116)(H,97,111)(H,98,112)(H,99,108,114)(H,100,109,115)(H2,123,124,125)(H2,126,127,128)/t48-,63+,64+,69?,70?,73+,74+/m1/s1. The Kier molecular flexibility index (Phi) is 25.5. The molecule has 2 unspecified atom stereocenters. The Bertz CT molecular complexity index is 6670. The summed E-state index contributed by atoms with van der Waals surface area (Å²) in [5.41, 5.74) is 7.34. The van der Waals surface area contributed by atoms with E-state index in [-0.39, 0.29) is 133 Å². The third-order valence-electron chi connectivity index (χ3n) is 26.2. The number of aryl methyl sites for hydroxylation is 8. The Hall–Kier alpha value is -12.9. The first-order chi connectivity index (χ1) is 62.0. The van der Waals surface area contributed by atoms with Crippen molar-refractivity contribution in [3.8, 4) is 0 Å². The van der Waals surface area contributed by atoms with Crippen LogP contribution < -0.4 is 53.1 Å². The molecule has 10 heterocycles. The van der Waals surface area contributed by atoms with E-state index in [9.17, 15) is 95.8 Å². The number of fused-ring (bicyclic) bond motifs is 4. The number of unbranched alkanes of at least 4 members (excludes halogenated alkanes) is 6. The fraction of sp³-hybridized carbons (Fsp3) is 0.402. The highest BCUT2D eigenvalue weighted by Gasteiger charge is 2.48. The summed E-state index contributed by atoms with van der Waals surface area (Å²) >= 11 is 0. The van der Waals surface area contributed by atoms with Crippen molar-refractivity contribution in [1.29, 1.82) is 0 Å². The molecule has 0 saturated carbocycles. The number of likely N-dealkylation sites (N-methyl/N-ethyl adjacent to an activating group) is 1. The molecule has 7 atom stereocenters. The van der Waals surface area contributed by atoms with Gasteiger partial charge in [0.2, 0.25) is 53.2 Å². The summed E-state index contributed by atoms with van der Waals surface area (Å²) < 4.78 is 30.4. The van der Waals surface area contributed by atoms with Gasteiger partial charge in [-0.1, -0.05) is 62.1 Å². The molecule has 11 amide bonds. The largest absolute Gasteiger partial charge is 0.396 e. The third kappa shape index (κ3) is 18.2. The number of carbonyl (C=O) groups is 13. The molecule has 16 rings (SSSR count). The molecule has 0 bridgehead atoms. The monoisotopic (exact) mass is 1810 g/mol. The molecule has 0 radical (unpaired) electrons. The van der Waals surface area contributed by atoms with Crippen LogP contribution in [0.25, 0.3) is 43.9 Å². The summed E-state index contributed by atoms with van der Waals surface area (Å²) in [6.45, 7) is 1.42. The summed E-state index contributed by atoms with van der Waals surface area (Å²) in [7, 11) is -4.29. The molecule has 2 fully saturated rings. The number of nitrogens with zero attached hydrogens (tertiary/aromatic N) is 7. The molecule has 6 aliphatic rings. The van der Waals surface area contributed by atoms with Crippen LogP contribution in [0.1, 0.15) is 214 Å². The number of amides is 11. The quantitative estimate of drug-likeness (QED) is 0.0115. The predicted molar refractivity (Wildman–Crippen MR) is 478 cm³/mol. The molecule has 38 heteroatoms. The summed E-state index contributed by atoms with van der Waals surface area (Å²) in [4.78, 5) is 253. The number of imidazole rings is 2. The SMILES string of the molecule is CNC(=O)[C@@H]1Cc2cc(CCCCCCc3ccc4c(c3)n(C)c(=O)n4C3CCC(=O)NC3=O)cc3c2N1C(=O)[C@@H](NC(=O)c1cc2cc(C(=O)P(=O)(O)O)cc(CN(C)C(=O)CC[C@@H](C)NC(=O)[C@@H]4Cc5cc(CCCCCCc6ccc7c(c6)n(C)c(=O)n7C6CCC(=O)NC6=O)cc6c5N4C(=O)[C@@H](NC(=O)c4cc5cc(C(=O)P(=O)(O)O)ccc5[nH]4)CC6)c2[nH]1)CC3. The van der Waals surface area contributed by atoms with Crippen LogP contribution in [-0.2, 0) is 124 Å². The Morgan fingerprint density at radius 3 is 1.44 bits per heavy atom. The number of anilines is 2. The van der Waals surface area contributed by atoms with Crippen LogP contribution in [0.3, 0.4) is 0 Å². The van der Waals surface area contributed by atoms with Gasteiger partial charge in [0, 0.05) is 100 Å². The maximum absolute atomic E-state index is 15.2. The Labute approximate surface area is 743 Å². The van der Waals surface area contributed by atoms with Gasteiger partial charge in [-0.25, -0.2) is 9.59 Å². The molecule has 4 aromatic heterocycles. The normalized spacial score (nSPS) is 18.8. The molecule has 12 N–H and O–H groups in total. The lowest BCUT2D eigenvalue weighted by Crippen LogP contribution is -2.55. The number of piperidine rings is 2. The Morgan fingerprint density at radius 1 is 0.500 bits per heavy atom. The lowest BCUT2D eigenvalue weighted by molar-refractivity contribution is -0.137. The molecule has 6 aromatic carbocycles. The van der Waals surface area contributed by atoms with Crippen molar-refractivity contribution >= 4 is 146 Å². The minimum atomic E-state index is -5.41. The summed E-state index contributed by atoms with van der Waals surface area (Å²) in [6.07, 6.45) is 11.6. The minimum Gasteiger partial charge on any atom is -0.357 e. The second kappa shape index (κ2) is 36.6. The van der Waals surface area contributed by atoms with Crippen LogP contribution in [-0.4, -0.2) is 173 Å². The van der Waals surface area contributed by atoms with Gasteiger partial charge in [-0.2, -0.15) is 0 Å². The van der Waals surface area contributed by atoms with Crippen molar-refractivity contribution in [2.24, 2.45) is 14.1 Å². The Balaban J connectivity index is 0.559. The van der Waals surface area contributed by atoms with Crippen molar-refractivity contribution in [2.45, 2.75) is 210 Å². The molecule has 130 heavy (non-hydrogen) atoms. The highest BCUT2D eigenvalue weighted by atomic mass is 31.2. The molecule has 680 valence electrons. The van der Waals surface area contributed by atoms with Crippen molar-refractivity contribution in [2.75, 3.05) is 23.9 Å². The second-order valence-electron chi connectivity index (χ2n) is 35.1. The zero-order chi connectivity index (χ0) is 92.4. The van der Waals surface area contributed by atoms with Crippen LogP contribution in [0.15, 0.2) is 113 Å². The van der Waals surface area contributed by atoms with Crippen LogP contribution in [0.5, 0.6) is 0 Å². The van der Waals surface area contributed by atoms with Gasteiger partial charge in [0.15, 0.2) is 0 Å². The maximum Gasteiger partial charge on any atom is 0.396 e. The highest BCUT2D eigenvalue weighted by Crippen LogP contribution is 2.45. The van der Waals surface area contributed by atoms with E-state index in [1.807, 2.05) is 54.6 Å². The lowest BCUT2D eigenvalue weighted by Gasteiger charge is -2.29. The zero-order valence-electron chi connectivity index (χ0n) is 72.3. The number of carbonyl (C=O) groups excluding carboxylic acids is 13. The van der Waals surface area contributed by atoms with E-state index in [1.54, 1.807) is 21.0 Å². The zero-order valence-corrected chi connectivity index (χ0v) is 74.1. The second-order valence-corrected chi connectivity index (χ2v) is 38.1. The van der Waals surface area contributed by atoms with E-state index in [0.29, 0.717) is 64.6 Å². The molecular weight excluding hydrogens is 1710 g/mol. The van der Waals surface area contributed by atoms with Crippen molar-refractivity contribution in [1.82, 2.24) is 65.0 Å². The molecule has 0 aliphatic carbocycles. The number of rotatable bonds is 32. The fourth-order valence-electron chi connectivity index (χ4n) is 19.5. The van der Waals surface area contributed by atoms with Crippen LogP contribution in [0, 0.1) is 0 Å². The third-order valence-corrected chi connectivity index (χ3v) is 27.8. The molecule has 36 nitrogen and oxygen atoms in total. The van der Waals surface area contributed by atoms with Crippen LogP contribution in [0.2, 0.25) is 0 Å². The average molecular weight is 1810 g/mol. The van der Waals surface area contributed by atoms with Crippen molar-refractivity contribution in [3.63, 3.8) is 0 Å². The van der Waals surface area contributed by atoms with E-state index < -0.39 is 127 Å². The topological polar surface area (TPSA) is 504 Å². The predicted octanol–water partition coefficient (Wildman–Crippen LogP) is 6.93. The number of imide groups is 2. The van der Waals surface area contributed by atoms with Gasteiger partial charge in [0.25, 0.3) is 22.9 Å². The summed E-state index contributed by atoms with van der Waals surface area (Å²) in [6, 6.07) is 22.0. The van der Waals surface area contributed by atoms with Gasteiger partial charge < -0.3 is 55.7 Å². The van der Waals surface area contributed by atoms with Gasteiger partial charge in [0.05, 0.1) is 39.0 Å². The van der Waals surface area contributed by atoms with E-state index >= 15 is 4.79 Å². The maximum atomic E-state index is 15.2. The van der Waals surface area contributed by atoms with Gasteiger partial charge in [0.1, 0.15) is 47.6 Å². The van der Waals surface area contributed by atoms with Crippen molar-refractivity contribution < 1.29 is 91.0 Å². The molecule has 6 aliphatic heterocycles. The minimum absolute atomic E-state index is 0.0232. The Morgan fingerprint density at radius 2 is 0.954 bits per heavy atom. The summed E-state index contributed by atoms with van der Waals surface area (Å²) in [5, 5.41) is 16.6. The average Bonchev–Trinajstić information content (AvgIpc) is 1.59. The van der Waals surface area contributed by atoms with Gasteiger partial charge in [-0.15, -0.1) is 0 Å². The van der Waals surface area contributed by atoms with E-state index in [0.717, 1.165) is 109 Å².